The highest BCUT2D eigenvalue weighted by molar-refractivity contribution is 4.81. The minimum Gasteiger partial charge on any atom is -0.378 e. The fourth-order valence-corrected chi connectivity index (χ4v) is 1.97. The number of hydrogen-bond acceptors (Lipinski definition) is 2. The molecule has 0 rings (SSSR count). The molecule has 0 aromatic heterocycles. The summed E-state index contributed by atoms with van der Waals surface area (Å²) in [5.74, 6) is 0. The van der Waals surface area contributed by atoms with Gasteiger partial charge in [-0.1, -0.05) is 66.4 Å². The van der Waals surface area contributed by atoms with Crippen LogP contribution in [-0.2, 0) is 0 Å². The van der Waals surface area contributed by atoms with Gasteiger partial charge >= 0.3 is 0 Å². The molecular formula is C20H44N2. The molecule has 0 aliphatic carbocycles. The largest absolute Gasteiger partial charge is 0.378 e. The summed E-state index contributed by atoms with van der Waals surface area (Å²) >= 11 is 0. The van der Waals surface area contributed by atoms with Crippen molar-refractivity contribution < 1.29 is 0 Å². The minimum absolute atomic E-state index is 1.15. The van der Waals surface area contributed by atoms with E-state index in [-0.39, 0.29) is 0 Å². The molecule has 0 saturated heterocycles. The van der Waals surface area contributed by atoms with Gasteiger partial charge in [-0.15, -0.1) is 0 Å². The smallest absolute Gasteiger partial charge is 0.0172 e. The summed E-state index contributed by atoms with van der Waals surface area (Å²) in [6.45, 7) is 16.0. The van der Waals surface area contributed by atoms with Crippen molar-refractivity contribution in [1.29, 1.82) is 0 Å². The zero-order valence-electron chi connectivity index (χ0n) is 16.3. The fourth-order valence-electron chi connectivity index (χ4n) is 1.97. The lowest BCUT2D eigenvalue weighted by Crippen LogP contribution is -2.19. The third-order valence-corrected chi connectivity index (χ3v) is 3.56. The second-order valence-electron chi connectivity index (χ2n) is 5.99. The summed E-state index contributed by atoms with van der Waals surface area (Å²) in [5, 5.41) is 3.39. The Kier molecular flexibility index (Phi) is 24.6. The van der Waals surface area contributed by atoms with E-state index >= 15 is 0 Å². The summed E-state index contributed by atoms with van der Waals surface area (Å²) in [4.78, 5) is 2.45. The summed E-state index contributed by atoms with van der Waals surface area (Å²) in [6.07, 6.45) is 16.2. The average molecular weight is 313 g/mol. The summed E-state index contributed by atoms with van der Waals surface area (Å²) in [5.41, 5.74) is 0. The van der Waals surface area contributed by atoms with E-state index in [4.69, 9.17) is 0 Å². The van der Waals surface area contributed by atoms with Crippen LogP contribution < -0.4 is 5.32 Å². The molecule has 0 unspecified atom stereocenters. The number of nitrogens with zero attached hydrogens (tertiary/aromatic N) is 1. The van der Waals surface area contributed by atoms with E-state index in [1.54, 1.807) is 0 Å². The van der Waals surface area contributed by atoms with Gasteiger partial charge in [-0.3, -0.25) is 0 Å². The van der Waals surface area contributed by atoms with Gasteiger partial charge < -0.3 is 10.2 Å². The van der Waals surface area contributed by atoms with E-state index in [1.807, 2.05) is 0 Å². The lowest BCUT2D eigenvalue weighted by molar-refractivity contribution is 0.359. The van der Waals surface area contributed by atoms with E-state index < -0.39 is 0 Å². The van der Waals surface area contributed by atoms with Gasteiger partial charge in [0.05, 0.1) is 0 Å². The minimum atomic E-state index is 1.15. The van der Waals surface area contributed by atoms with E-state index in [0.717, 1.165) is 6.42 Å². The number of hydrogen-bond donors (Lipinski definition) is 1. The van der Waals surface area contributed by atoms with Gasteiger partial charge in [0, 0.05) is 13.1 Å². The highest BCUT2D eigenvalue weighted by Crippen LogP contribution is 2.00. The number of unbranched alkanes of at least 4 members (excludes halogenated alkanes) is 4. The standard InChI is InChI=1S/C12H25N.C8H19N/c1-4-7-10-13(11-8-5-2)12-9-6-3;1-3-5-7-9-8-6-4-2/h7,10H,4-6,8-9,11-12H2,1-3H3;9H,3-8H2,1-2H3/b10-7+;. The van der Waals surface area contributed by atoms with Crippen molar-refractivity contribution in [1.82, 2.24) is 10.2 Å². The van der Waals surface area contributed by atoms with Crippen molar-refractivity contribution in [2.75, 3.05) is 26.2 Å². The number of rotatable bonds is 14. The second kappa shape index (κ2) is 22.8. The van der Waals surface area contributed by atoms with Crippen molar-refractivity contribution in [2.24, 2.45) is 0 Å². The van der Waals surface area contributed by atoms with Crippen LogP contribution in [0.1, 0.15) is 92.4 Å². The molecule has 0 heterocycles. The molecular weight excluding hydrogens is 268 g/mol. The third kappa shape index (κ3) is 21.8. The topological polar surface area (TPSA) is 15.3 Å². The van der Waals surface area contributed by atoms with Crippen LogP contribution >= 0.6 is 0 Å². The van der Waals surface area contributed by atoms with Crippen LogP contribution in [0.15, 0.2) is 12.3 Å². The van der Waals surface area contributed by atoms with Crippen LogP contribution in [0.25, 0.3) is 0 Å². The van der Waals surface area contributed by atoms with Gasteiger partial charge in [-0.05, 0) is 51.4 Å². The van der Waals surface area contributed by atoms with Crippen molar-refractivity contribution in [3.05, 3.63) is 12.3 Å². The zero-order chi connectivity index (χ0) is 16.9. The quantitative estimate of drug-likeness (QED) is 0.396. The lowest BCUT2D eigenvalue weighted by atomic mass is 10.2. The molecule has 0 aromatic carbocycles. The highest BCUT2D eigenvalue weighted by atomic mass is 15.1. The lowest BCUT2D eigenvalue weighted by Gasteiger charge is -2.19. The van der Waals surface area contributed by atoms with E-state index in [0.29, 0.717) is 0 Å². The molecule has 1 N–H and O–H groups in total. The van der Waals surface area contributed by atoms with Gasteiger partial charge in [0.1, 0.15) is 0 Å². The summed E-state index contributed by atoms with van der Waals surface area (Å²) in [6, 6.07) is 0. The Bertz CT molecular complexity index is 188. The van der Waals surface area contributed by atoms with Crippen molar-refractivity contribution in [3.63, 3.8) is 0 Å². The molecule has 2 heteroatoms. The van der Waals surface area contributed by atoms with Crippen LogP contribution in [0.4, 0.5) is 0 Å². The van der Waals surface area contributed by atoms with Crippen molar-refractivity contribution >= 4 is 0 Å². The first-order valence-corrected chi connectivity index (χ1v) is 9.87. The molecule has 0 aromatic rings. The normalized spacial score (nSPS) is 10.6. The maximum atomic E-state index is 3.39. The molecule has 2 nitrogen and oxygen atoms in total. The predicted molar refractivity (Wildman–Crippen MR) is 104 cm³/mol. The van der Waals surface area contributed by atoms with Gasteiger partial charge in [0.25, 0.3) is 0 Å². The molecule has 22 heavy (non-hydrogen) atoms. The summed E-state index contributed by atoms with van der Waals surface area (Å²) in [7, 11) is 0. The van der Waals surface area contributed by atoms with Gasteiger partial charge in [0.2, 0.25) is 0 Å². The van der Waals surface area contributed by atoms with Crippen LogP contribution in [0.3, 0.4) is 0 Å². The fraction of sp³-hybridized carbons (Fsp3) is 0.900. The first-order valence-electron chi connectivity index (χ1n) is 9.87. The van der Waals surface area contributed by atoms with E-state index in [1.165, 1.54) is 77.5 Å². The third-order valence-electron chi connectivity index (χ3n) is 3.56. The van der Waals surface area contributed by atoms with Crippen LogP contribution in [0.5, 0.6) is 0 Å². The SMILES string of the molecule is CC/C=C/N(CCCC)CCCC.CCCCNCCCC. The van der Waals surface area contributed by atoms with Crippen LogP contribution in [0.2, 0.25) is 0 Å². The van der Waals surface area contributed by atoms with Gasteiger partial charge in [0.15, 0.2) is 0 Å². The van der Waals surface area contributed by atoms with E-state index in [9.17, 15) is 0 Å². The maximum absolute atomic E-state index is 3.39. The molecule has 0 saturated carbocycles. The van der Waals surface area contributed by atoms with E-state index in [2.05, 4.69) is 57.1 Å². The van der Waals surface area contributed by atoms with Gasteiger partial charge in [-0.25, -0.2) is 0 Å². The predicted octanol–water partition coefficient (Wildman–Crippen LogP) is 5.99. The molecule has 0 bridgehead atoms. The Morgan fingerprint density at radius 2 is 1.14 bits per heavy atom. The Hall–Kier alpha value is -0.500. The second-order valence-corrected chi connectivity index (χ2v) is 5.99. The summed E-state index contributed by atoms with van der Waals surface area (Å²) < 4.78 is 0. The van der Waals surface area contributed by atoms with Crippen molar-refractivity contribution in [3.8, 4) is 0 Å². The molecule has 0 aliphatic rings. The Morgan fingerprint density at radius 1 is 0.682 bits per heavy atom. The number of allylic oxidation sites excluding steroid dienone is 1. The molecule has 0 fully saturated rings. The maximum Gasteiger partial charge on any atom is 0.0172 e. The number of nitrogens with one attached hydrogen (secondary N) is 1. The molecule has 0 aliphatic heterocycles. The van der Waals surface area contributed by atoms with Crippen molar-refractivity contribution in [2.45, 2.75) is 92.4 Å². The first-order chi connectivity index (χ1) is 10.8. The Morgan fingerprint density at radius 3 is 1.50 bits per heavy atom. The van der Waals surface area contributed by atoms with Gasteiger partial charge in [-0.2, -0.15) is 0 Å². The Balaban J connectivity index is 0. The molecule has 0 amide bonds. The zero-order valence-corrected chi connectivity index (χ0v) is 16.3. The molecule has 0 radical (unpaired) electrons. The average Bonchev–Trinajstić information content (AvgIpc) is 2.55. The van der Waals surface area contributed by atoms with Crippen LogP contribution in [0, 0.1) is 0 Å². The highest BCUT2D eigenvalue weighted by Gasteiger charge is 1.96. The molecule has 134 valence electrons. The van der Waals surface area contributed by atoms with Crippen LogP contribution in [-0.4, -0.2) is 31.1 Å². The Labute approximate surface area is 141 Å². The monoisotopic (exact) mass is 312 g/mol. The molecule has 0 spiro atoms. The molecule has 0 atom stereocenters. The first kappa shape index (κ1) is 23.8.